The first-order valence-corrected chi connectivity index (χ1v) is 6.41. The van der Waals surface area contributed by atoms with E-state index in [1.807, 2.05) is 0 Å². The van der Waals surface area contributed by atoms with Crippen LogP contribution < -0.4 is 5.32 Å². The Labute approximate surface area is 116 Å². The molecule has 0 bridgehead atoms. The van der Waals surface area contributed by atoms with Crippen molar-refractivity contribution in [1.29, 1.82) is 0 Å². The Kier molecular flexibility index (Phi) is 6.79. The molecule has 1 saturated heterocycles. The summed E-state index contributed by atoms with van der Waals surface area (Å²) >= 11 is 0. The van der Waals surface area contributed by atoms with Crippen LogP contribution in [0.5, 0.6) is 0 Å². The molecule has 1 fully saturated rings. The second-order valence-corrected chi connectivity index (χ2v) is 4.37. The van der Waals surface area contributed by atoms with Crippen LogP contribution >= 0.6 is 0 Å². The number of piperidine rings is 1. The van der Waals surface area contributed by atoms with Gasteiger partial charge in [-0.3, -0.25) is 0 Å². The molecule has 0 spiro atoms. The summed E-state index contributed by atoms with van der Waals surface area (Å²) in [6, 6.07) is 3.30. The lowest BCUT2D eigenvalue weighted by Gasteiger charge is -2.23. The van der Waals surface area contributed by atoms with Crippen molar-refractivity contribution >= 4 is 12.0 Å². The first kappa shape index (κ1) is 16.2. The second-order valence-electron chi connectivity index (χ2n) is 4.37. The van der Waals surface area contributed by atoms with Crippen LogP contribution in [0.3, 0.4) is 0 Å². The second kappa shape index (κ2) is 8.37. The Morgan fingerprint density at radius 1 is 1.40 bits per heavy atom. The molecular weight excluding hydrogens is 266 g/mol. The minimum Gasteiger partial charge on any atom is -0.411 e. The van der Waals surface area contributed by atoms with Crippen LogP contribution in [0, 0.1) is 17.6 Å². The molecule has 1 aromatic rings. The maximum Gasteiger partial charge on any atom is 0.135 e. The zero-order valence-electron chi connectivity index (χ0n) is 11.3. The number of aldehydes is 1. The van der Waals surface area contributed by atoms with Crippen LogP contribution in [0.2, 0.25) is 0 Å². The molecule has 0 aromatic heterocycles. The van der Waals surface area contributed by atoms with Crippen LogP contribution in [0.4, 0.5) is 8.78 Å². The van der Waals surface area contributed by atoms with Gasteiger partial charge in [-0.05, 0) is 45.0 Å². The largest absolute Gasteiger partial charge is 0.411 e. The predicted octanol–water partition coefficient (Wildman–Crippen LogP) is 2.35. The molecule has 0 aliphatic carbocycles. The number of rotatable bonds is 2. The topological polar surface area (TPSA) is 61.7 Å². The molecule has 2 N–H and O–H groups in total. The fourth-order valence-electron chi connectivity index (χ4n) is 2.15. The number of halogens is 2. The van der Waals surface area contributed by atoms with Crippen molar-refractivity contribution in [3.05, 3.63) is 35.4 Å². The van der Waals surface area contributed by atoms with Crippen LogP contribution in [-0.4, -0.2) is 30.3 Å². The molecule has 0 amide bonds. The third-order valence-electron chi connectivity index (χ3n) is 3.04. The van der Waals surface area contributed by atoms with Gasteiger partial charge in [0, 0.05) is 17.5 Å². The normalized spacial score (nSPS) is 16.2. The highest BCUT2D eigenvalue weighted by molar-refractivity contribution is 6.02. The summed E-state index contributed by atoms with van der Waals surface area (Å²) in [5, 5.41) is 15.4. The van der Waals surface area contributed by atoms with Crippen molar-refractivity contribution in [1.82, 2.24) is 5.32 Å². The third-order valence-corrected chi connectivity index (χ3v) is 3.04. The highest BCUT2D eigenvalue weighted by Gasteiger charge is 2.23. The highest BCUT2D eigenvalue weighted by atomic mass is 19.1. The summed E-state index contributed by atoms with van der Waals surface area (Å²) in [6.07, 6.45) is 2.33. The Morgan fingerprint density at radius 2 is 2.00 bits per heavy atom. The predicted molar refractivity (Wildman–Crippen MR) is 72.0 cm³/mol. The molecule has 0 radical (unpaired) electrons. The number of carbonyl (C=O) groups excluding carboxylic acids is 1. The Hall–Kier alpha value is -1.82. The van der Waals surface area contributed by atoms with Crippen molar-refractivity contribution in [3.8, 4) is 0 Å². The lowest BCUT2D eigenvalue weighted by atomic mass is 9.88. The van der Waals surface area contributed by atoms with E-state index >= 15 is 0 Å². The van der Waals surface area contributed by atoms with E-state index in [2.05, 4.69) is 10.5 Å². The lowest BCUT2D eigenvalue weighted by Crippen LogP contribution is -2.32. The molecule has 1 heterocycles. The number of oxime groups is 1. The van der Waals surface area contributed by atoms with Gasteiger partial charge in [-0.15, -0.1) is 0 Å². The van der Waals surface area contributed by atoms with E-state index < -0.39 is 11.6 Å². The average Bonchev–Trinajstić information content (AvgIpc) is 2.44. The van der Waals surface area contributed by atoms with Crippen LogP contribution in [-0.2, 0) is 4.79 Å². The van der Waals surface area contributed by atoms with Crippen molar-refractivity contribution in [2.24, 2.45) is 11.1 Å². The fourth-order valence-corrected chi connectivity index (χ4v) is 2.15. The summed E-state index contributed by atoms with van der Waals surface area (Å²) in [5.74, 6) is -1.30. The Bertz CT molecular complexity index is 472. The van der Waals surface area contributed by atoms with Gasteiger partial charge in [0.05, 0.1) is 5.71 Å². The van der Waals surface area contributed by atoms with Gasteiger partial charge < -0.3 is 15.3 Å². The number of hydrogen-bond acceptors (Lipinski definition) is 4. The highest BCUT2D eigenvalue weighted by Crippen LogP contribution is 2.21. The average molecular weight is 284 g/mol. The maximum atomic E-state index is 13.6. The first-order valence-electron chi connectivity index (χ1n) is 6.41. The van der Waals surface area contributed by atoms with E-state index in [4.69, 9.17) is 10.0 Å². The molecule has 1 aliphatic heterocycles. The molecule has 2 rings (SSSR count). The van der Waals surface area contributed by atoms with E-state index in [-0.39, 0.29) is 11.5 Å². The fraction of sp³-hybridized carbons (Fsp3) is 0.429. The van der Waals surface area contributed by atoms with Crippen molar-refractivity contribution in [3.63, 3.8) is 0 Å². The molecule has 110 valence electrons. The van der Waals surface area contributed by atoms with Crippen LogP contribution in [0.15, 0.2) is 23.4 Å². The van der Waals surface area contributed by atoms with Crippen LogP contribution in [0.1, 0.15) is 25.3 Å². The minimum absolute atomic E-state index is 0.0150. The third kappa shape index (κ3) is 4.38. The van der Waals surface area contributed by atoms with Gasteiger partial charge in [0.1, 0.15) is 17.9 Å². The molecule has 0 saturated carbocycles. The quantitative estimate of drug-likeness (QED) is 0.379. The number of nitrogens with one attached hydrogen (secondary N) is 1. The summed E-state index contributed by atoms with van der Waals surface area (Å²) in [4.78, 5) is 8.81. The van der Waals surface area contributed by atoms with Gasteiger partial charge in [0.2, 0.25) is 0 Å². The van der Waals surface area contributed by atoms with E-state index in [1.54, 1.807) is 0 Å². The minimum atomic E-state index is -0.684. The van der Waals surface area contributed by atoms with Crippen molar-refractivity contribution in [2.45, 2.75) is 19.8 Å². The summed E-state index contributed by atoms with van der Waals surface area (Å²) in [6.45, 7) is 3.07. The van der Waals surface area contributed by atoms with E-state index in [9.17, 15) is 8.78 Å². The van der Waals surface area contributed by atoms with Crippen molar-refractivity contribution < 1.29 is 18.8 Å². The Morgan fingerprint density at radius 3 is 2.50 bits per heavy atom. The Balaban J connectivity index is 0.000000612. The molecule has 6 heteroatoms. The van der Waals surface area contributed by atoms with Gasteiger partial charge in [0.15, 0.2) is 0 Å². The van der Waals surface area contributed by atoms with E-state index in [0.29, 0.717) is 5.71 Å². The van der Waals surface area contributed by atoms with Crippen molar-refractivity contribution in [2.75, 3.05) is 13.1 Å². The first-order chi connectivity index (χ1) is 9.63. The van der Waals surface area contributed by atoms with Gasteiger partial charge >= 0.3 is 0 Å². The monoisotopic (exact) mass is 284 g/mol. The molecular formula is C14H18F2N2O2. The molecule has 4 nitrogen and oxygen atoms in total. The van der Waals surface area contributed by atoms with Gasteiger partial charge in [-0.25, -0.2) is 8.78 Å². The number of nitrogens with zero attached hydrogens (tertiary/aromatic N) is 1. The zero-order valence-corrected chi connectivity index (χ0v) is 11.3. The van der Waals surface area contributed by atoms with Gasteiger partial charge in [-0.2, -0.15) is 0 Å². The lowest BCUT2D eigenvalue weighted by molar-refractivity contribution is -0.106. The van der Waals surface area contributed by atoms with Gasteiger partial charge in [-0.1, -0.05) is 5.16 Å². The van der Waals surface area contributed by atoms with Crippen LogP contribution in [0.25, 0.3) is 0 Å². The van der Waals surface area contributed by atoms with E-state index in [0.717, 1.165) is 38.3 Å². The molecule has 20 heavy (non-hydrogen) atoms. The molecule has 0 atom stereocenters. The summed E-state index contributed by atoms with van der Waals surface area (Å²) in [5.41, 5.74) is 0.491. The number of carbonyl (C=O) groups is 1. The maximum absolute atomic E-state index is 13.6. The molecule has 0 unspecified atom stereocenters. The standard InChI is InChI=1S/C12H14F2N2O.C2H4O/c13-9-1-2-10(11(14)7-9)12(16-17)8-3-5-15-6-4-8;1-2-3/h1-2,7-8,15,17H,3-6H2;2H,1H3/b16-12-;. The summed E-state index contributed by atoms with van der Waals surface area (Å²) in [7, 11) is 0. The smallest absolute Gasteiger partial charge is 0.135 e. The number of hydrogen-bond donors (Lipinski definition) is 2. The zero-order chi connectivity index (χ0) is 15.0. The SMILES string of the molecule is CC=O.O/N=C(\c1ccc(F)cc1F)C1CCNCC1. The van der Waals surface area contributed by atoms with E-state index in [1.165, 1.54) is 19.1 Å². The van der Waals surface area contributed by atoms with Gasteiger partial charge in [0.25, 0.3) is 0 Å². The molecule has 1 aliphatic rings. The molecule has 1 aromatic carbocycles. The number of benzene rings is 1. The summed E-state index contributed by atoms with van der Waals surface area (Å²) < 4.78 is 26.4.